The van der Waals surface area contributed by atoms with Gasteiger partial charge in [-0.05, 0) is 60.7 Å². The summed E-state index contributed by atoms with van der Waals surface area (Å²) in [5.41, 5.74) is 10.8. The van der Waals surface area contributed by atoms with Crippen molar-refractivity contribution in [3.63, 3.8) is 0 Å². The normalized spacial score (nSPS) is 19.6. The summed E-state index contributed by atoms with van der Waals surface area (Å²) < 4.78 is 25.9. The van der Waals surface area contributed by atoms with Gasteiger partial charge in [0.2, 0.25) is 0 Å². The molecule has 1 saturated carbocycles. The molecule has 1 aromatic carbocycles. The van der Waals surface area contributed by atoms with Gasteiger partial charge in [0.05, 0.1) is 23.2 Å². The van der Waals surface area contributed by atoms with E-state index in [1.165, 1.54) is 24.7 Å². The summed E-state index contributed by atoms with van der Waals surface area (Å²) >= 11 is 0. The fraction of sp³-hybridized carbons (Fsp3) is 0.448. The van der Waals surface area contributed by atoms with Crippen molar-refractivity contribution < 1.29 is 8.42 Å². The molecule has 0 amide bonds. The first-order valence-electron chi connectivity index (χ1n) is 13.6. The number of nitrogen functional groups attached to an aromatic ring is 1. The molecule has 0 radical (unpaired) electrons. The molecular formula is C29H35N7O2S. The van der Waals surface area contributed by atoms with Gasteiger partial charge < -0.3 is 10.6 Å². The maximum atomic E-state index is 12.0. The fourth-order valence-electron chi connectivity index (χ4n) is 5.68. The first kappa shape index (κ1) is 25.7. The quantitative estimate of drug-likeness (QED) is 0.343. The summed E-state index contributed by atoms with van der Waals surface area (Å²) in [7, 11) is -3.05. The van der Waals surface area contributed by atoms with E-state index in [1.807, 2.05) is 29.2 Å². The van der Waals surface area contributed by atoms with E-state index in [-0.39, 0.29) is 23.6 Å². The number of anilines is 2. The zero-order chi connectivity index (χ0) is 27.5. The van der Waals surface area contributed by atoms with Crippen LogP contribution in [0.25, 0.3) is 33.5 Å². The number of aromatic nitrogens is 5. The molecule has 4 heterocycles. The fourth-order valence-corrected chi connectivity index (χ4v) is 6.84. The number of hydrogen-bond acceptors (Lipinski definition) is 8. The van der Waals surface area contributed by atoms with Crippen LogP contribution in [0.3, 0.4) is 0 Å². The lowest BCUT2D eigenvalue weighted by Gasteiger charge is -2.48. The molecular weight excluding hydrogens is 510 g/mol. The van der Waals surface area contributed by atoms with Crippen LogP contribution in [0, 0.1) is 11.8 Å². The molecule has 0 unspecified atom stereocenters. The number of sulfone groups is 1. The second-order valence-electron chi connectivity index (χ2n) is 11.6. The lowest BCUT2D eigenvalue weighted by atomic mass is 9.87. The molecule has 10 heteroatoms. The molecule has 0 bridgehead atoms. The molecule has 2 aliphatic rings. The molecule has 2 N–H and O–H groups in total. The second-order valence-corrected chi connectivity index (χ2v) is 13.7. The highest BCUT2D eigenvalue weighted by atomic mass is 32.2. The van der Waals surface area contributed by atoms with E-state index in [2.05, 4.69) is 47.9 Å². The van der Waals surface area contributed by atoms with Crippen molar-refractivity contribution in [2.45, 2.75) is 52.1 Å². The van der Waals surface area contributed by atoms with Crippen molar-refractivity contribution in [1.82, 2.24) is 24.7 Å². The third-order valence-corrected chi connectivity index (χ3v) is 9.05. The van der Waals surface area contributed by atoms with Crippen LogP contribution in [0.1, 0.15) is 45.1 Å². The Morgan fingerprint density at radius 3 is 2.64 bits per heavy atom. The summed E-state index contributed by atoms with van der Waals surface area (Å²) in [6.07, 6.45) is 9.42. The molecule has 4 aromatic rings. The van der Waals surface area contributed by atoms with Crippen molar-refractivity contribution in [3.05, 3.63) is 48.4 Å². The molecule has 1 aliphatic heterocycles. The number of pyridine rings is 1. The summed E-state index contributed by atoms with van der Waals surface area (Å²) in [6, 6.07) is 8.19. The van der Waals surface area contributed by atoms with Gasteiger partial charge in [0.15, 0.2) is 5.82 Å². The average Bonchev–Trinajstić information content (AvgIpc) is 3.58. The summed E-state index contributed by atoms with van der Waals surface area (Å²) in [4.78, 5) is 16.6. The Bertz CT molecular complexity index is 1660. The Morgan fingerprint density at radius 1 is 1.15 bits per heavy atom. The van der Waals surface area contributed by atoms with E-state index in [0.29, 0.717) is 29.6 Å². The van der Waals surface area contributed by atoms with Gasteiger partial charge >= 0.3 is 0 Å². The predicted octanol–water partition coefficient (Wildman–Crippen LogP) is 4.54. The maximum absolute atomic E-state index is 12.0. The number of nitrogens with zero attached hydrogens (tertiary/aromatic N) is 6. The number of rotatable bonds is 8. The van der Waals surface area contributed by atoms with Crippen LogP contribution in [0.15, 0.2) is 42.9 Å². The third kappa shape index (κ3) is 5.09. The van der Waals surface area contributed by atoms with Crippen molar-refractivity contribution >= 4 is 32.1 Å². The van der Waals surface area contributed by atoms with Gasteiger partial charge in [0.1, 0.15) is 21.3 Å². The number of fused-ring (bicyclic) bond motifs is 1. The zero-order valence-electron chi connectivity index (χ0n) is 22.9. The highest BCUT2D eigenvalue weighted by molar-refractivity contribution is 7.90. The third-order valence-electron chi connectivity index (χ3n) is 8.01. The van der Waals surface area contributed by atoms with Crippen molar-refractivity contribution in [3.8, 4) is 22.8 Å². The standard InChI is InChI=1S/C29H35N7O2S/c1-17(2)22-7-8-25(36-15-21(18(36)3)16-39(4,37)38)27-23(22)11-26(30)34-28(27)24-9-10-31-29(33-24)20-12-32-35(14-20)13-19-5-6-19/h7-12,14,17-19,21H,5-6,13,15-16H2,1-4H3,(H2,30,34)/t18-,21-/m1/s1. The summed E-state index contributed by atoms with van der Waals surface area (Å²) in [6.45, 7) is 8.02. The van der Waals surface area contributed by atoms with Gasteiger partial charge in [-0.2, -0.15) is 5.10 Å². The van der Waals surface area contributed by atoms with Crippen molar-refractivity contribution in [1.29, 1.82) is 0 Å². The lowest BCUT2D eigenvalue weighted by molar-refractivity contribution is 0.342. The Morgan fingerprint density at radius 2 is 1.95 bits per heavy atom. The lowest BCUT2D eigenvalue weighted by Crippen LogP contribution is -2.57. The zero-order valence-corrected chi connectivity index (χ0v) is 23.7. The number of hydrogen-bond donors (Lipinski definition) is 1. The van der Waals surface area contributed by atoms with Crippen LogP contribution in [0.5, 0.6) is 0 Å². The van der Waals surface area contributed by atoms with E-state index >= 15 is 0 Å². The highest BCUT2D eigenvalue weighted by Gasteiger charge is 2.38. The molecule has 1 saturated heterocycles. The van der Waals surface area contributed by atoms with E-state index < -0.39 is 9.84 Å². The molecule has 1 aliphatic carbocycles. The Labute approximate surface area is 229 Å². The van der Waals surface area contributed by atoms with Gasteiger partial charge in [-0.25, -0.2) is 23.4 Å². The number of benzene rings is 1. The van der Waals surface area contributed by atoms with E-state index in [4.69, 9.17) is 15.7 Å². The van der Waals surface area contributed by atoms with Crippen LogP contribution in [-0.4, -0.2) is 57.7 Å². The van der Waals surface area contributed by atoms with E-state index in [9.17, 15) is 8.42 Å². The minimum Gasteiger partial charge on any atom is -0.384 e. The minimum absolute atomic E-state index is 0.0801. The predicted molar refractivity (Wildman–Crippen MR) is 155 cm³/mol. The molecule has 2 atom stereocenters. The van der Waals surface area contributed by atoms with Gasteiger partial charge in [-0.1, -0.05) is 19.9 Å². The largest absolute Gasteiger partial charge is 0.384 e. The van der Waals surface area contributed by atoms with Crippen LogP contribution in [0.2, 0.25) is 0 Å². The highest BCUT2D eigenvalue weighted by Crippen LogP contribution is 2.43. The average molecular weight is 546 g/mol. The van der Waals surface area contributed by atoms with Crippen LogP contribution in [0.4, 0.5) is 11.5 Å². The summed E-state index contributed by atoms with van der Waals surface area (Å²) in [5.74, 6) is 2.31. The van der Waals surface area contributed by atoms with Crippen LogP contribution in [-0.2, 0) is 16.4 Å². The van der Waals surface area contributed by atoms with Gasteiger partial charge in [0.25, 0.3) is 0 Å². The van der Waals surface area contributed by atoms with Gasteiger partial charge in [-0.3, -0.25) is 4.68 Å². The Kier molecular flexibility index (Phi) is 6.32. The molecule has 3 aromatic heterocycles. The maximum Gasteiger partial charge on any atom is 0.163 e. The SMILES string of the molecule is CC(C)c1ccc(N2C[C@H](CS(C)(=O)=O)[C@H]2C)c2c(-c3ccnc(-c4cnn(CC5CC5)c4)n3)nc(N)cc12. The first-order valence-corrected chi connectivity index (χ1v) is 15.7. The first-order chi connectivity index (χ1) is 18.6. The molecule has 9 nitrogen and oxygen atoms in total. The Hall–Kier alpha value is -3.53. The Balaban J connectivity index is 1.46. The van der Waals surface area contributed by atoms with Crippen molar-refractivity contribution in [2.75, 3.05) is 29.2 Å². The number of nitrogens with two attached hydrogens (primary N) is 1. The second kappa shape index (κ2) is 9.59. The topological polar surface area (TPSA) is 120 Å². The van der Waals surface area contributed by atoms with Crippen molar-refractivity contribution in [2.24, 2.45) is 11.8 Å². The summed E-state index contributed by atoms with van der Waals surface area (Å²) in [5, 5.41) is 6.54. The van der Waals surface area contributed by atoms with E-state index in [1.54, 1.807) is 6.20 Å². The monoisotopic (exact) mass is 545 g/mol. The van der Waals surface area contributed by atoms with Gasteiger partial charge in [-0.15, -0.1) is 0 Å². The van der Waals surface area contributed by atoms with E-state index in [0.717, 1.165) is 34.5 Å². The molecule has 0 spiro atoms. The smallest absolute Gasteiger partial charge is 0.163 e. The van der Waals surface area contributed by atoms with Crippen LogP contribution < -0.4 is 10.6 Å². The molecule has 204 valence electrons. The minimum atomic E-state index is -3.05. The van der Waals surface area contributed by atoms with Crippen LogP contribution >= 0.6 is 0 Å². The molecule has 39 heavy (non-hydrogen) atoms. The molecule has 2 fully saturated rings. The molecule has 6 rings (SSSR count). The van der Waals surface area contributed by atoms with Gasteiger partial charge in [0, 0.05) is 54.8 Å².